The molecule has 4 heteroatoms. The first kappa shape index (κ1) is 17.0. The molecule has 1 aliphatic heterocycles. The van der Waals surface area contributed by atoms with Gasteiger partial charge < -0.3 is 9.88 Å². The molecule has 0 bridgehead atoms. The van der Waals surface area contributed by atoms with Crippen molar-refractivity contribution in [3.63, 3.8) is 0 Å². The van der Waals surface area contributed by atoms with Crippen LogP contribution >= 0.6 is 0 Å². The molecule has 0 amide bonds. The Kier molecular flexibility index (Phi) is 4.60. The van der Waals surface area contributed by atoms with E-state index in [2.05, 4.69) is 23.1 Å². The average Bonchev–Trinajstić information content (AvgIpc) is 3.06. The first-order chi connectivity index (χ1) is 12.6. The predicted molar refractivity (Wildman–Crippen MR) is 103 cm³/mol. The normalized spacial score (nSPS) is 17.1. The van der Waals surface area contributed by atoms with Crippen LogP contribution in [0.3, 0.4) is 0 Å². The van der Waals surface area contributed by atoms with E-state index in [1.54, 1.807) is 0 Å². The van der Waals surface area contributed by atoms with Gasteiger partial charge in [0.25, 0.3) is 0 Å². The van der Waals surface area contributed by atoms with Crippen LogP contribution < -0.4 is 0 Å². The molecule has 1 saturated heterocycles. The molecule has 0 radical (unpaired) electrons. The molecule has 0 aliphatic carbocycles. The van der Waals surface area contributed by atoms with Crippen molar-refractivity contribution in [2.24, 2.45) is 0 Å². The van der Waals surface area contributed by atoms with E-state index in [0.29, 0.717) is 11.5 Å². The fourth-order valence-electron chi connectivity index (χ4n) is 3.75. The number of hydrogen-bond donors (Lipinski definition) is 1. The number of rotatable bonds is 3. The Morgan fingerprint density at radius 3 is 2.58 bits per heavy atom. The number of aromatic nitrogens is 1. The van der Waals surface area contributed by atoms with E-state index < -0.39 is 0 Å². The van der Waals surface area contributed by atoms with Crippen LogP contribution in [0.2, 0.25) is 0 Å². The lowest BCUT2D eigenvalue weighted by Gasteiger charge is -2.28. The molecule has 1 N–H and O–H groups in total. The minimum absolute atomic E-state index is 0.360. The van der Waals surface area contributed by atoms with Gasteiger partial charge in [0.05, 0.1) is 0 Å². The van der Waals surface area contributed by atoms with E-state index in [0.717, 1.165) is 37.0 Å². The maximum absolute atomic E-state index is 14.5. The summed E-state index contributed by atoms with van der Waals surface area (Å²) in [5.41, 5.74) is 3.60. The van der Waals surface area contributed by atoms with Gasteiger partial charge in [0.15, 0.2) is 0 Å². The molecule has 1 fully saturated rings. The van der Waals surface area contributed by atoms with Crippen molar-refractivity contribution in [1.82, 2.24) is 9.88 Å². The molecule has 2 aromatic carbocycles. The fourth-order valence-corrected chi connectivity index (χ4v) is 3.75. The zero-order chi connectivity index (χ0) is 18.1. The van der Waals surface area contributed by atoms with Crippen LogP contribution in [0.1, 0.15) is 35.4 Å². The third kappa shape index (κ3) is 3.42. The highest BCUT2D eigenvalue weighted by Gasteiger charge is 2.21. The largest absolute Gasteiger partial charge is 0.361 e. The quantitative estimate of drug-likeness (QED) is 0.609. The molecule has 134 valence electrons. The van der Waals surface area contributed by atoms with Crippen molar-refractivity contribution < 1.29 is 8.78 Å². The Hall–Kier alpha value is -2.46. The first-order valence-corrected chi connectivity index (χ1v) is 9.03. The summed E-state index contributed by atoms with van der Waals surface area (Å²) in [6.45, 7) is 2.21. The SMILES string of the molecule is CN1CCC(c2c[nH]c3ccc(/C=C(\F)c4ccc(F)cc4)cc23)CC1. The van der Waals surface area contributed by atoms with E-state index in [1.165, 1.54) is 41.3 Å². The van der Waals surface area contributed by atoms with E-state index in [1.807, 2.05) is 18.2 Å². The van der Waals surface area contributed by atoms with Gasteiger partial charge >= 0.3 is 0 Å². The Morgan fingerprint density at radius 1 is 1.12 bits per heavy atom. The summed E-state index contributed by atoms with van der Waals surface area (Å²) in [4.78, 5) is 5.70. The highest BCUT2D eigenvalue weighted by molar-refractivity contribution is 5.88. The molecule has 26 heavy (non-hydrogen) atoms. The van der Waals surface area contributed by atoms with Gasteiger partial charge in [-0.1, -0.05) is 6.07 Å². The monoisotopic (exact) mass is 352 g/mol. The second-order valence-corrected chi connectivity index (χ2v) is 7.13. The average molecular weight is 352 g/mol. The van der Waals surface area contributed by atoms with E-state index in [9.17, 15) is 8.78 Å². The van der Waals surface area contributed by atoms with Crippen LogP contribution in [0.25, 0.3) is 22.8 Å². The summed E-state index contributed by atoms with van der Waals surface area (Å²) < 4.78 is 27.5. The van der Waals surface area contributed by atoms with E-state index >= 15 is 0 Å². The molecule has 3 aromatic rings. The Bertz CT molecular complexity index is 932. The van der Waals surface area contributed by atoms with Gasteiger partial charge in [-0.05, 0) is 92.5 Å². The van der Waals surface area contributed by atoms with Crippen molar-refractivity contribution in [2.75, 3.05) is 20.1 Å². The van der Waals surface area contributed by atoms with Gasteiger partial charge in [-0.15, -0.1) is 0 Å². The minimum Gasteiger partial charge on any atom is -0.361 e. The summed E-state index contributed by atoms with van der Waals surface area (Å²) >= 11 is 0. The second kappa shape index (κ2) is 7.04. The number of nitrogens with zero attached hydrogens (tertiary/aromatic N) is 1. The number of likely N-dealkylation sites (tertiary alicyclic amines) is 1. The van der Waals surface area contributed by atoms with Gasteiger partial charge in [0, 0.05) is 22.7 Å². The topological polar surface area (TPSA) is 19.0 Å². The molecule has 0 saturated carbocycles. The van der Waals surface area contributed by atoms with Crippen LogP contribution in [-0.4, -0.2) is 30.0 Å². The number of hydrogen-bond acceptors (Lipinski definition) is 1. The van der Waals surface area contributed by atoms with Crippen LogP contribution in [0.5, 0.6) is 0 Å². The number of benzene rings is 2. The maximum Gasteiger partial charge on any atom is 0.131 e. The Balaban J connectivity index is 1.65. The summed E-state index contributed by atoms with van der Waals surface area (Å²) in [6, 6.07) is 11.4. The first-order valence-electron chi connectivity index (χ1n) is 9.03. The summed E-state index contributed by atoms with van der Waals surface area (Å²) in [7, 11) is 2.16. The maximum atomic E-state index is 14.5. The van der Waals surface area contributed by atoms with Gasteiger partial charge in [-0.3, -0.25) is 0 Å². The third-order valence-corrected chi connectivity index (χ3v) is 5.31. The van der Waals surface area contributed by atoms with Gasteiger partial charge in [0.1, 0.15) is 11.6 Å². The number of fused-ring (bicyclic) bond motifs is 1. The number of halogens is 2. The second-order valence-electron chi connectivity index (χ2n) is 7.13. The summed E-state index contributed by atoms with van der Waals surface area (Å²) in [6.07, 6.45) is 5.91. The molecule has 1 aliphatic rings. The van der Waals surface area contributed by atoms with Crippen molar-refractivity contribution in [1.29, 1.82) is 0 Å². The standard InChI is InChI=1S/C22H22F2N2/c1-26-10-8-16(9-11-26)20-14-25-22-7-2-15(12-19(20)22)13-21(24)17-3-5-18(23)6-4-17/h2-7,12-14,16,25H,8-11H2,1H3/b21-13-. The number of aromatic amines is 1. The Labute approximate surface area is 152 Å². The lowest BCUT2D eigenvalue weighted by Crippen LogP contribution is -2.29. The van der Waals surface area contributed by atoms with Crippen molar-refractivity contribution in [2.45, 2.75) is 18.8 Å². The van der Waals surface area contributed by atoms with Crippen LogP contribution in [0.4, 0.5) is 8.78 Å². The van der Waals surface area contributed by atoms with Gasteiger partial charge in [-0.2, -0.15) is 0 Å². The number of H-pyrrole nitrogens is 1. The zero-order valence-electron chi connectivity index (χ0n) is 14.8. The predicted octanol–water partition coefficient (Wildman–Crippen LogP) is 5.58. The van der Waals surface area contributed by atoms with Crippen molar-refractivity contribution >= 4 is 22.8 Å². The number of nitrogens with one attached hydrogen (secondary N) is 1. The molecule has 0 atom stereocenters. The minimum atomic E-state index is -0.363. The highest BCUT2D eigenvalue weighted by Crippen LogP contribution is 2.34. The molecular weight excluding hydrogens is 330 g/mol. The third-order valence-electron chi connectivity index (χ3n) is 5.31. The van der Waals surface area contributed by atoms with Crippen LogP contribution in [0.15, 0.2) is 48.7 Å². The number of piperidine rings is 1. The lowest BCUT2D eigenvalue weighted by molar-refractivity contribution is 0.256. The summed E-state index contributed by atoms with van der Waals surface area (Å²) in [5.74, 6) is -0.181. The highest BCUT2D eigenvalue weighted by atomic mass is 19.1. The summed E-state index contributed by atoms with van der Waals surface area (Å²) in [5, 5.41) is 1.17. The van der Waals surface area contributed by atoms with Gasteiger partial charge in [-0.25, -0.2) is 8.78 Å². The lowest BCUT2D eigenvalue weighted by atomic mass is 9.89. The smallest absolute Gasteiger partial charge is 0.131 e. The van der Waals surface area contributed by atoms with E-state index in [-0.39, 0.29) is 11.6 Å². The van der Waals surface area contributed by atoms with Crippen molar-refractivity contribution in [3.8, 4) is 0 Å². The molecule has 2 heterocycles. The van der Waals surface area contributed by atoms with Crippen LogP contribution in [0, 0.1) is 5.82 Å². The zero-order valence-corrected chi connectivity index (χ0v) is 14.8. The molecule has 0 spiro atoms. The molecule has 2 nitrogen and oxygen atoms in total. The molecular formula is C22H22F2N2. The molecule has 4 rings (SSSR count). The molecule has 1 aromatic heterocycles. The fraction of sp³-hybridized carbons (Fsp3) is 0.273. The molecule has 0 unspecified atom stereocenters. The Morgan fingerprint density at radius 2 is 1.85 bits per heavy atom. The van der Waals surface area contributed by atoms with Gasteiger partial charge in [0.2, 0.25) is 0 Å². The van der Waals surface area contributed by atoms with Crippen molar-refractivity contribution in [3.05, 3.63) is 71.2 Å². The van der Waals surface area contributed by atoms with Crippen LogP contribution in [-0.2, 0) is 0 Å². The van der Waals surface area contributed by atoms with E-state index in [4.69, 9.17) is 0 Å².